The molecule has 0 unspecified atom stereocenters. The number of alkyl halides is 2. The molecule has 0 bridgehead atoms. The summed E-state index contributed by atoms with van der Waals surface area (Å²) in [5, 5.41) is 29.5. The zero-order chi connectivity index (χ0) is 31.8. The lowest BCUT2D eigenvalue weighted by Gasteiger charge is -2.18. The predicted octanol–water partition coefficient (Wildman–Crippen LogP) is 5.40. The van der Waals surface area contributed by atoms with Crippen LogP contribution in [0.15, 0.2) is 85.6 Å². The van der Waals surface area contributed by atoms with Gasteiger partial charge in [0.15, 0.2) is 17.2 Å². The maximum atomic E-state index is 15.4. The van der Waals surface area contributed by atoms with Crippen molar-refractivity contribution in [2.75, 3.05) is 0 Å². The van der Waals surface area contributed by atoms with Crippen LogP contribution < -0.4 is 10.5 Å². The van der Waals surface area contributed by atoms with Crippen molar-refractivity contribution in [1.82, 2.24) is 34.6 Å². The van der Waals surface area contributed by atoms with Crippen LogP contribution in [-0.4, -0.2) is 40.5 Å². The second-order valence-electron chi connectivity index (χ2n) is 9.85. The third-order valence-electron chi connectivity index (χ3n) is 7.05. The van der Waals surface area contributed by atoms with Crippen molar-refractivity contribution in [3.63, 3.8) is 0 Å². The highest BCUT2D eigenvalue weighted by Gasteiger charge is 2.27. The van der Waals surface area contributed by atoms with Gasteiger partial charge >= 0.3 is 6.55 Å². The number of pyridine rings is 1. The van der Waals surface area contributed by atoms with Crippen molar-refractivity contribution in [3.05, 3.63) is 124 Å². The van der Waals surface area contributed by atoms with E-state index in [0.717, 1.165) is 11.8 Å². The summed E-state index contributed by atoms with van der Waals surface area (Å²) in [6.45, 7) is -2.85. The third-order valence-corrected chi connectivity index (χ3v) is 7.51. The normalized spacial score (nSPS) is 12.1. The molecule has 228 valence electrons. The van der Waals surface area contributed by atoms with Gasteiger partial charge in [-0.05, 0) is 42.0 Å². The van der Waals surface area contributed by atoms with Crippen LogP contribution in [-0.2, 0) is 6.42 Å². The Labute approximate surface area is 262 Å². The summed E-state index contributed by atoms with van der Waals surface area (Å²) in [7, 11) is 0. The average molecular weight is 654 g/mol. The van der Waals surface area contributed by atoms with Crippen molar-refractivity contribution in [2.45, 2.75) is 19.0 Å². The summed E-state index contributed by atoms with van der Waals surface area (Å²) in [4.78, 5) is 11.5. The van der Waals surface area contributed by atoms with Gasteiger partial charge in [0.25, 0.3) is 0 Å². The van der Waals surface area contributed by atoms with E-state index in [1.165, 1.54) is 52.1 Å². The third kappa shape index (κ3) is 5.97. The standard InChI is InChI=1S/C29H20Cl2F3N9O2/c30-21-6-8-23(42-15-25(31)37-39-42)26(27(21)32)18-5-7-22(43(45)14-18)24(11-20-9-10-40(38-20)29(33)34)41-13-19(12-36-41)16-1-3-17(4-2-16)28(35)44/h1-10,12-15,24,29H,11H2,(H2,35,44)/t24-/m0/s1. The monoisotopic (exact) mass is 653 g/mol. The molecule has 0 radical (unpaired) electrons. The summed E-state index contributed by atoms with van der Waals surface area (Å²) >= 11 is 12.0. The summed E-state index contributed by atoms with van der Waals surface area (Å²) in [6.07, 6.45) is 6.93. The highest BCUT2D eigenvalue weighted by atomic mass is 35.5. The highest BCUT2D eigenvalue weighted by Crippen LogP contribution is 2.34. The Morgan fingerprint density at radius 2 is 1.73 bits per heavy atom. The topological polar surface area (TPSA) is 136 Å². The van der Waals surface area contributed by atoms with Gasteiger partial charge in [0, 0.05) is 36.0 Å². The summed E-state index contributed by atoms with van der Waals surface area (Å²) in [6, 6.07) is 13.0. The van der Waals surface area contributed by atoms with Crippen molar-refractivity contribution in [3.8, 4) is 27.9 Å². The Balaban J connectivity index is 1.42. The van der Waals surface area contributed by atoms with Crippen LogP contribution in [0.25, 0.3) is 27.9 Å². The van der Waals surface area contributed by atoms with E-state index in [4.69, 9.17) is 28.9 Å². The van der Waals surface area contributed by atoms with E-state index in [2.05, 4.69) is 20.5 Å². The number of carbonyl (C=O) groups excluding carboxylic acids is 1. The quantitative estimate of drug-likeness (QED) is 0.164. The van der Waals surface area contributed by atoms with Gasteiger partial charge in [0.1, 0.15) is 6.04 Å². The number of carbonyl (C=O) groups is 1. The second-order valence-corrected chi connectivity index (χ2v) is 10.6. The first-order chi connectivity index (χ1) is 21.6. The minimum absolute atomic E-state index is 0.0112. The van der Waals surface area contributed by atoms with Crippen LogP contribution in [0.2, 0.25) is 10.2 Å². The molecule has 16 heteroatoms. The Morgan fingerprint density at radius 3 is 2.38 bits per heavy atom. The van der Waals surface area contributed by atoms with Crippen molar-refractivity contribution >= 4 is 29.1 Å². The molecular weight excluding hydrogens is 634 g/mol. The van der Waals surface area contributed by atoms with Gasteiger partial charge in [0.2, 0.25) is 11.6 Å². The van der Waals surface area contributed by atoms with Crippen LogP contribution in [0, 0.1) is 11.0 Å². The number of halogens is 5. The summed E-state index contributed by atoms with van der Waals surface area (Å²) in [5.74, 6) is -1.36. The van der Waals surface area contributed by atoms with Crippen LogP contribution in [0.5, 0.6) is 0 Å². The van der Waals surface area contributed by atoms with E-state index < -0.39 is 24.3 Å². The van der Waals surface area contributed by atoms with Crippen LogP contribution in [0.4, 0.5) is 13.2 Å². The molecule has 2 aromatic carbocycles. The van der Waals surface area contributed by atoms with Crippen LogP contribution in [0.3, 0.4) is 0 Å². The molecule has 6 rings (SSSR count). The Morgan fingerprint density at radius 1 is 0.978 bits per heavy atom. The maximum absolute atomic E-state index is 15.4. The van der Waals surface area contributed by atoms with Gasteiger partial charge in [-0.1, -0.05) is 40.5 Å². The molecule has 0 spiro atoms. The molecule has 1 amide bonds. The molecule has 1 atom stereocenters. The number of hydrogen-bond acceptors (Lipinski definition) is 6. The first-order valence-electron chi connectivity index (χ1n) is 13.2. The fourth-order valence-corrected chi connectivity index (χ4v) is 5.16. The lowest BCUT2D eigenvalue weighted by Crippen LogP contribution is -2.36. The molecule has 4 aromatic heterocycles. The molecular formula is C29H20Cl2F3N9O2. The number of amides is 1. The Bertz CT molecular complexity index is 2030. The number of benzene rings is 2. The molecule has 11 nitrogen and oxygen atoms in total. The number of rotatable bonds is 9. The number of hydrogen-bond donors (Lipinski definition) is 1. The first kappa shape index (κ1) is 29.8. The molecule has 0 aliphatic carbocycles. The largest absolute Gasteiger partial charge is 0.618 e. The smallest absolute Gasteiger partial charge is 0.333 e. The number of nitrogens with zero attached hydrogens (tertiary/aromatic N) is 8. The first-order valence-corrected chi connectivity index (χ1v) is 13.9. The van der Waals surface area contributed by atoms with E-state index in [-0.39, 0.29) is 44.8 Å². The van der Waals surface area contributed by atoms with E-state index in [9.17, 15) is 18.8 Å². The molecule has 0 saturated carbocycles. The molecule has 6 aromatic rings. The fraction of sp³-hybridized carbons (Fsp3) is 0.103. The van der Waals surface area contributed by atoms with Crippen molar-refractivity contribution in [2.24, 2.45) is 5.73 Å². The van der Waals surface area contributed by atoms with Crippen molar-refractivity contribution in [1.29, 1.82) is 0 Å². The minimum atomic E-state index is -2.85. The van der Waals surface area contributed by atoms with Gasteiger partial charge < -0.3 is 10.9 Å². The zero-order valence-corrected chi connectivity index (χ0v) is 24.3. The Kier molecular flexibility index (Phi) is 7.99. The average Bonchev–Trinajstić information content (AvgIpc) is 3.79. The molecule has 45 heavy (non-hydrogen) atoms. The Hall–Kier alpha value is -5.21. The summed E-state index contributed by atoms with van der Waals surface area (Å²) < 4.78 is 45.8. The highest BCUT2D eigenvalue weighted by molar-refractivity contribution is 6.31. The lowest BCUT2D eigenvalue weighted by molar-refractivity contribution is -0.615. The SMILES string of the molecule is NC(=O)c1ccc(-c2cnn([C@@H](Cc3ccn(C(F)F)n3)c3ccc(-c4c(-n5cc(Cl)nn5)ccc(Cl)c4F)c[n+]3[O-])c2)cc1. The van der Waals surface area contributed by atoms with Gasteiger partial charge in [-0.15, -0.1) is 5.10 Å². The fourth-order valence-electron chi connectivity index (χ4n) is 4.88. The van der Waals surface area contributed by atoms with E-state index in [1.54, 1.807) is 36.7 Å². The van der Waals surface area contributed by atoms with E-state index in [0.29, 0.717) is 20.5 Å². The minimum Gasteiger partial charge on any atom is -0.618 e. The van der Waals surface area contributed by atoms with E-state index in [1.807, 2.05) is 0 Å². The van der Waals surface area contributed by atoms with Crippen LogP contribution in [0.1, 0.15) is 34.3 Å². The van der Waals surface area contributed by atoms with Gasteiger partial charge in [0.05, 0.1) is 39.9 Å². The van der Waals surface area contributed by atoms with E-state index >= 15 is 4.39 Å². The zero-order valence-electron chi connectivity index (χ0n) is 22.8. The van der Waals surface area contributed by atoms with Gasteiger partial charge in [-0.2, -0.15) is 23.7 Å². The van der Waals surface area contributed by atoms with Crippen molar-refractivity contribution < 1.29 is 22.7 Å². The predicted molar refractivity (Wildman–Crippen MR) is 157 cm³/mol. The molecule has 4 heterocycles. The molecule has 2 N–H and O–H groups in total. The molecule has 0 aliphatic heterocycles. The summed E-state index contributed by atoms with van der Waals surface area (Å²) in [5.41, 5.74) is 7.87. The maximum Gasteiger partial charge on any atom is 0.333 e. The number of nitrogens with two attached hydrogens (primary N) is 1. The lowest BCUT2D eigenvalue weighted by atomic mass is 10.0. The molecule has 0 saturated heterocycles. The second kappa shape index (κ2) is 12.1. The number of aromatic nitrogens is 8. The van der Waals surface area contributed by atoms with Gasteiger partial charge in [-0.3, -0.25) is 9.48 Å². The van der Waals surface area contributed by atoms with Gasteiger partial charge in [-0.25, -0.2) is 13.8 Å². The molecule has 0 fully saturated rings. The molecule has 0 aliphatic rings. The van der Waals surface area contributed by atoms with Crippen LogP contribution >= 0.6 is 23.2 Å². The number of primary amides is 1.